The topological polar surface area (TPSA) is 81.4 Å². The molecule has 0 saturated heterocycles. The molecule has 5 rings (SSSR count). The van der Waals surface area contributed by atoms with E-state index in [9.17, 15) is 0 Å². The summed E-state index contributed by atoms with van der Waals surface area (Å²) in [6, 6.07) is 14.4. The van der Waals surface area contributed by atoms with Crippen LogP contribution in [-0.4, -0.2) is 35.8 Å². The second kappa shape index (κ2) is 6.18. The van der Waals surface area contributed by atoms with Crippen LogP contribution in [0, 0.1) is 0 Å². The molecule has 4 heterocycles. The molecule has 3 aromatic heterocycles. The first-order valence-electron chi connectivity index (χ1n) is 8.68. The van der Waals surface area contributed by atoms with Gasteiger partial charge in [-0.15, -0.1) is 10.2 Å². The number of aromatic nitrogens is 6. The summed E-state index contributed by atoms with van der Waals surface area (Å²) >= 11 is 0. The Bertz CT molecular complexity index is 1060. The van der Waals surface area contributed by atoms with Crippen LogP contribution in [-0.2, 0) is 13.0 Å². The van der Waals surface area contributed by atoms with Gasteiger partial charge in [0.1, 0.15) is 17.2 Å². The summed E-state index contributed by atoms with van der Waals surface area (Å²) in [5, 5.41) is 12.3. The molecule has 1 aliphatic rings. The zero-order chi connectivity index (χ0) is 17.3. The fourth-order valence-corrected chi connectivity index (χ4v) is 3.39. The molecule has 1 atom stereocenters. The Morgan fingerprint density at radius 1 is 0.962 bits per heavy atom. The highest BCUT2D eigenvalue weighted by molar-refractivity contribution is 5.71. The molecule has 0 fully saturated rings. The van der Waals surface area contributed by atoms with Crippen LogP contribution in [0.3, 0.4) is 0 Å². The van der Waals surface area contributed by atoms with Crippen LogP contribution in [0.1, 0.15) is 12.2 Å². The lowest BCUT2D eigenvalue weighted by molar-refractivity contribution is 0.478. The van der Waals surface area contributed by atoms with Crippen molar-refractivity contribution in [1.82, 2.24) is 29.7 Å². The molecular weight excluding hydrogens is 326 g/mol. The highest BCUT2D eigenvalue weighted by Gasteiger charge is 2.23. The van der Waals surface area contributed by atoms with E-state index in [1.54, 1.807) is 12.4 Å². The number of nitrogens with one attached hydrogen (secondary N) is 1. The monoisotopic (exact) mass is 343 g/mol. The Labute approximate surface area is 150 Å². The van der Waals surface area contributed by atoms with Crippen LogP contribution < -0.4 is 5.32 Å². The van der Waals surface area contributed by atoms with E-state index in [4.69, 9.17) is 0 Å². The standard InChI is InChI=1S/C19H17N7/c1-2-4-13(5-3-1)19-25-24-17-9-6-14(12-26(17)19)22-16-8-7-15-18(23-16)21-11-10-20-15/h1-5,7-8,10-11,14H,6,9,12H2,(H,21,22,23)/t14-/m1/s1. The van der Waals surface area contributed by atoms with E-state index in [-0.39, 0.29) is 6.04 Å². The molecule has 1 aliphatic heterocycles. The number of aryl methyl sites for hydroxylation is 1. The van der Waals surface area contributed by atoms with Crippen molar-refractivity contribution in [1.29, 1.82) is 0 Å². The largest absolute Gasteiger partial charge is 0.365 e. The molecule has 0 radical (unpaired) electrons. The Morgan fingerprint density at radius 3 is 2.77 bits per heavy atom. The fraction of sp³-hybridized carbons (Fsp3) is 0.211. The van der Waals surface area contributed by atoms with E-state index < -0.39 is 0 Å². The number of anilines is 1. The Kier molecular flexibility index (Phi) is 3.55. The molecule has 0 saturated carbocycles. The first-order chi connectivity index (χ1) is 12.9. The third-order valence-electron chi connectivity index (χ3n) is 4.66. The van der Waals surface area contributed by atoms with Gasteiger partial charge in [-0.3, -0.25) is 4.98 Å². The normalized spacial score (nSPS) is 16.4. The van der Waals surface area contributed by atoms with Crippen LogP contribution in [0.5, 0.6) is 0 Å². The van der Waals surface area contributed by atoms with Gasteiger partial charge in [0.15, 0.2) is 11.5 Å². The van der Waals surface area contributed by atoms with Gasteiger partial charge in [-0.2, -0.15) is 0 Å². The van der Waals surface area contributed by atoms with Gasteiger partial charge in [-0.25, -0.2) is 9.97 Å². The molecule has 0 unspecified atom stereocenters. The van der Waals surface area contributed by atoms with Gasteiger partial charge < -0.3 is 9.88 Å². The molecule has 0 aliphatic carbocycles. The minimum atomic E-state index is 0.266. The lowest BCUT2D eigenvalue weighted by atomic mass is 10.1. The van der Waals surface area contributed by atoms with Crippen molar-refractivity contribution in [3.05, 3.63) is 60.7 Å². The number of pyridine rings is 1. The quantitative estimate of drug-likeness (QED) is 0.616. The van der Waals surface area contributed by atoms with Crippen molar-refractivity contribution in [3.8, 4) is 11.4 Å². The summed E-state index contributed by atoms with van der Waals surface area (Å²) in [5.41, 5.74) is 2.54. The number of fused-ring (bicyclic) bond motifs is 2. The van der Waals surface area contributed by atoms with Crippen molar-refractivity contribution in [2.75, 3.05) is 5.32 Å². The third kappa shape index (κ3) is 2.67. The number of nitrogens with zero attached hydrogens (tertiary/aromatic N) is 6. The summed E-state index contributed by atoms with van der Waals surface area (Å²) in [6.45, 7) is 0.812. The third-order valence-corrected chi connectivity index (χ3v) is 4.66. The molecule has 0 spiro atoms. The van der Waals surface area contributed by atoms with Gasteiger partial charge in [0.25, 0.3) is 0 Å². The van der Waals surface area contributed by atoms with E-state index >= 15 is 0 Å². The summed E-state index contributed by atoms with van der Waals surface area (Å²) in [7, 11) is 0. The Hall–Kier alpha value is -3.35. The average Bonchev–Trinajstić information content (AvgIpc) is 3.12. The maximum atomic E-state index is 4.57. The molecule has 1 N–H and O–H groups in total. The van der Waals surface area contributed by atoms with Crippen LogP contribution in [0.4, 0.5) is 5.82 Å². The molecule has 7 nitrogen and oxygen atoms in total. The van der Waals surface area contributed by atoms with E-state index in [1.165, 1.54) is 0 Å². The smallest absolute Gasteiger partial charge is 0.180 e. The van der Waals surface area contributed by atoms with Crippen molar-refractivity contribution in [2.24, 2.45) is 0 Å². The number of benzene rings is 1. The summed E-state index contributed by atoms with van der Waals surface area (Å²) < 4.78 is 2.21. The van der Waals surface area contributed by atoms with Gasteiger partial charge in [0.2, 0.25) is 0 Å². The highest BCUT2D eigenvalue weighted by Crippen LogP contribution is 2.24. The zero-order valence-corrected chi connectivity index (χ0v) is 14.1. The van der Waals surface area contributed by atoms with Crippen LogP contribution in [0.25, 0.3) is 22.6 Å². The molecule has 128 valence electrons. The molecule has 1 aromatic carbocycles. The average molecular weight is 343 g/mol. The second-order valence-corrected chi connectivity index (χ2v) is 6.39. The minimum absolute atomic E-state index is 0.266. The zero-order valence-electron chi connectivity index (χ0n) is 14.1. The minimum Gasteiger partial charge on any atom is -0.365 e. The van der Waals surface area contributed by atoms with Gasteiger partial charge in [0.05, 0.1) is 0 Å². The summed E-state index contributed by atoms with van der Waals surface area (Å²) in [4.78, 5) is 13.1. The number of rotatable bonds is 3. The van der Waals surface area contributed by atoms with Crippen molar-refractivity contribution < 1.29 is 0 Å². The molecule has 26 heavy (non-hydrogen) atoms. The van der Waals surface area contributed by atoms with Gasteiger partial charge in [-0.05, 0) is 18.6 Å². The molecule has 7 heteroatoms. The highest BCUT2D eigenvalue weighted by atomic mass is 15.3. The number of hydrogen-bond acceptors (Lipinski definition) is 6. The fourth-order valence-electron chi connectivity index (χ4n) is 3.39. The van der Waals surface area contributed by atoms with Crippen molar-refractivity contribution in [3.63, 3.8) is 0 Å². The SMILES string of the molecule is c1ccc(-c2nnc3n2C[C@H](Nc2ccc4nccnc4n2)CC3)cc1. The predicted molar refractivity (Wildman–Crippen MR) is 98.5 cm³/mol. The van der Waals surface area contributed by atoms with E-state index in [2.05, 4.69) is 47.2 Å². The lowest BCUT2D eigenvalue weighted by Crippen LogP contribution is -2.32. The predicted octanol–water partition coefficient (Wildman–Crippen LogP) is 2.71. The second-order valence-electron chi connectivity index (χ2n) is 6.39. The van der Waals surface area contributed by atoms with Crippen molar-refractivity contribution >= 4 is 17.0 Å². The van der Waals surface area contributed by atoms with Gasteiger partial charge in [0, 0.05) is 37.0 Å². The van der Waals surface area contributed by atoms with E-state index in [0.717, 1.165) is 47.9 Å². The molecule has 0 bridgehead atoms. The van der Waals surface area contributed by atoms with E-state index in [1.807, 2.05) is 30.3 Å². The van der Waals surface area contributed by atoms with Crippen LogP contribution in [0.15, 0.2) is 54.9 Å². The van der Waals surface area contributed by atoms with Crippen molar-refractivity contribution in [2.45, 2.75) is 25.4 Å². The summed E-state index contributed by atoms with van der Waals surface area (Å²) in [5.74, 6) is 2.78. The van der Waals surface area contributed by atoms with Gasteiger partial charge in [-0.1, -0.05) is 30.3 Å². The first kappa shape index (κ1) is 14.9. The molecule has 4 aromatic rings. The lowest BCUT2D eigenvalue weighted by Gasteiger charge is -2.25. The Morgan fingerprint density at radius 2 is 1.85 bits per heavy atom. The van der Waals surface area contributed by atoms with E-state index in [0.29, 0.717) is 5.65 Å². The maximum absolute atomic E-state index is 4.57. The summed E-state index contributed by atoms with van der Waals surface area (Å²) in [6.07, 6.45) is 5.23. The molecule has 0 amide bonds. The first-order valence-corrected chi connectivity index (χ1v) is 8.68. The van der Waals surface area contributed by atoms with Crippen LogP contribution in [0.2, 0.25) is 0 Å². The Balaban J connectivity index is 1.40. The molecular formula is C19H17N7. The van der Waals surface area contributed by atoms with Gasteiger partial charge >= 0.3 is 0 Å². The maximum Gasteiger partial charge on any atom is 0.180 e. The number of hydrogen-bond donors (Lipinski definition) is 1. The van der Waals surface area contributed by atoms with Crippen LogP contribution >= 0.6 is 0 Å².